The Balaban J connectivity index is 0.745. The van der Waals surface area contributed by atoms with Gasteiger partial charge in [0, 0.05) is 0 Å². The van der Waals surface area contributed by atoms with Crippen LogP contribution in [-0.4, -0.2) is 0 Å². The fourth-order valence-corrected chi connectivity index (χ4v) is 13.4. The summed E-state index contributed by atoms with van der Waals surface area (Å²) in [7, 11) is 0. The first-order valence-corrected chi connectivity index (χ1v) is 25.9. The van der Waals surface area contributed by atoms with Gasteiger partial charge in [0.2, 0.25) is 0 Å². The topological polar surface area (TPSA) is 0 Å². The molecule has 3 aliphatic carbocycles. The molecular formula is C74H48. The molecule has 1 spiro atoms. The van der Waals surface area contributed by atoms with Crippen LogP contribution in [0.15, 0.2) is 291 Å². The van der Waals surface area contributed by atoms with Gasteiger partial charge in [-0.05, 0) is 164 Å². The van der Waals surface area contributed by atoms with Gasteiger partial charge >= 0.3 is 0 Å². The van der Waals surface area contributed by atoms with E-state index in [9.17, 15) is 0 Å². The summed E-state index contributed by atoms with van der Waals surface area (Å²) >= 11 is 0. The van der Waals surface area contributed by atoms with Gasteiger partial charge in [-0.1, -0.05) is 261 Å². The van der Waals surface area contributed by atoms with Crippen molar-refractivity contribution in [3.63, 3.8) is 0 Å². The van der Waals surface area contributed by atoms with Crippen LogP contribution in [0.2, 0.25) is 0 Å². The van der Waals surface area contributed by atoms with E-state index < -0.39 is 5.41 Å². The third kappa shape index (κ3) is 6.16. The predicted molar refractivity (Wildman–Crippen MR) is 307 cm³/mol. The third-order valence-electron chi connectivity index (χ3n) is 16.6. The molecule has 0 heterocycles. The lowest BCUT2D eigenvalue weighted by Gasteiger charge is -2.34. The zero-order chi connectivity index (χ0) is 48.8. The van der Waals surface area contributed by atoms with E-state index in [1.54, 1.807) is 0 Å². The summed E-state index contributed by atoms with van der Waals surface area (Å²) in [5.74, 6) is 0. The van der Waals surface area contributed by atoms with Crippen molar-refractivity contribution in [2.75, 3.05) is 0 Å². The average Bonchev–Trinajstić information content (AvgIpc) is 4.07. The number of rotatable bonds is 7. The first-order valence-electron chi connectivity index (χ1n) is 25.9. The lowest BCUT2D eigenvalue weighted by molar-refractivity contribution is 0.769. The molecule has 344 valence electrons. The first kappa shape index (κ1) is 42.3. The quantitative estimate of drug-likeness (QED) is 0.149. The molecule has 0 unspecified atom stereocenters. The Morgan fingerprint density at radius 2 is 0.405 bits per heavy atom. The predicted octanol–water partition coefficient (Wildman–Crippen LogP) is 18.7. The second-order valence-corrected chi connectivity index (χ2v) is 20.3. The third-order valence-corrected chi connectivity index (χ3v) is 16.6. The zero-order valence-electron chi connectivity index (χ0n) is 40.7. The summed E-state index contributed by atoms with van der Waals surface area (Å²) in [5, 5.41) is 0. The van der Waals surface area contributed by atoms with Crippen molar-refractivity contribution in [2.24, 2.45) is 0 Å². The van der Waals surface area contributed by atoms with E-state index in [4.69, 9.17) is 0 Å². The van der Waals surface area contributed by atoms with Gasteiger partial charge in [0.15, 0.2) is 0 Å². The molecule has 0 aliphatic heterocycles. The number of benzene rings is 12. The van der Waals surface area contributed by atoms with E-state index in [-0.39, 0.29) is 5.41 Å². The van der Waals surface area contributed by atoms with Gasteiger partial charge in [0.05, 0.1) is 10.8 Å². The fourth-order valence-electron chi connectivity index (χ4n) is 13.4. The molecule has 3 aliphatic rings. The summed E-state index contributed by atoms with van der Waals surface area (Å²) < 4.78 is 0. The molecule has 0 amide bonds. The van der Waals surface area contributed by atoms with E-state index in [2.05, 4.69) is 291 Å². The largest absolute Gasteiger partial charge is 0.0725 e. The van der Waals surface area contributed by atoms with Crippen molar-refractivity contribution >= 4 is 0 Å². The van der Waals surface area contributed by atoms with Crippen LogP contribution in [0, 0.1) is 0 Å². The summed E-state index contributed by atoms with van der Waals surface area (Å²) in [6.07, 6.45) is 0. The Bertz CT molecular complexity index is 4070. The molecule has 12 aromatic rings. The molecular weight excluding hydrogens is 889 g/mol. The van der Waals surface area contributed by atoms with Crippen LogP contribution in [-0.2, 0) is 10.8 Å². The van der Waals surface area contributed by atoms with Crippen LogP contribution in [0.3, 0.4) is 0 Å². The minimum absolute atomic E-state index is 0.363. The van der Waals surface area contributed by atoms with Crippen molar-refractivity contribution in [1.82, 2.24) is 0 Å². The molecule has 0 radical (unpaired) electrons. The van der Waals surface area contributed by atoms with Crippen LogP contribution in [0.25, 0.3) is 89.0 Å². The number of hydrogen-bond donors (Lipinski definition) is 0. The second-order valence-electron chi connectivity index (χ2n) is 20.3. The van der Waals surface area contributed by atoms with E-state index in [1.807, 2.05) is 0 Å². The first-order chi connectivity index (χ1) is 36.7. The molecule has 0 fully saturated rings. The molecule has 0 saturated heterocycles. The van der Waals surface area contributed by atoms with E-state index in [1.165, 1.54) is 134 Å². The van der Waals surface area contributed by atoms with Gasteiger partial charge < -0.3 is 0 Å². The van der Waals surface area contributed by atoms with Gasteiger partial charge in [-0.15, -0.1) is 0 Å². The molecule has 0 atom stereocenters. The highest BCUT2D eigenvalue weighted by molar-refractivity contribution is 5.96. The lowest BCUT2D eigenvalue weighted by atomic mass is 9.67. The van der Waals surface area contributed by atoms with Gasteiger partial charge in [0.25, 0.3) is 0 Å². The normalized spacial score (nSPS) is 13.6. The monoisotopic (exact) mass is 936 g/mol. The molecule has 0 N–H and O–H groups in total. The molecule has 0 heteroatoms. The summed E-state index contributed by atoms with van der Waals surface area (Å²) in [4.78, 5) is 0. The maximum atomic E-state index is 2.48. The van der Waals surface area contributed by atoms with Crippen molar-refractivity contribution in [3.05, 3.63) is 336 Å². The highest BCUT2D eigenvalue weighted by atomic mass is 14.5. The number of fused-ring (bicyclic) bond motifs is 13. The SMILES string of the molecule is c1ccc(C2(c3ccccc3)c3ccccc3-c3ccc(-c4cccc(-c5cccc(-c6ccc(-c7cccc(-c8ccc9c(c8)C8(c%10ccccc%10-c%10ccccc%108)c8ccccc8-9)c7)cc6)c5)c4)cc32)cc1. The van der Waals surface area contributed by atoms with Crippen molar-refractivity contribution in [1.29, 1.82) is 0 Å². The number of hydrogen-bond acceptors (Lipinski definition) is 0. The minimum Gasteiger partial charge on any atom is -0.0622 e. The highest BCUT2D eigenvalue weighted by Crippen LogP contribution is 2.63. The molecule has 12 aromatic carbocycles. The molecule has 0 nitrogen and oxygen atoms in total. The van der Waals surface area contributed by atoms with E-state index >= 15 is 0 Å². The van der Waals surface area contributed by atoms with Crippen LogP contribution in [0.1, 0.15) is 44.5 Å². The van der Waals surface area contributed by atoms with Crippen molar-refractivity contribution in [2.45, 2.75) is 10.8 Å². The zero-order valence-corrected chi connectivity index (χ0v) is 40.7. The van der Waals surface area contributed by atoms with Gasteiger partial charge in [-0.2, -0.15) is 0 Å². The van der Waals surface area contributed by atoms with Gasteiger partial charge in [-0.25, -0.2) is 0 Å². The van der Waals surface area contributed by atoms with Crippen LogP contribution in [0.4, 0.5) is 0 Å². The smallest absolute Gasteiger partial charge is 0.0622 e. The Hall–Kier alpha value is -9.36. The van der Waals surface area contributed by atoms with E-state index in [0.717, 1.165) is 0 Å². The van der Waals surface area contributed by atoms with Crippen LogP contribution >= 0.6 is 0 Å². The maximum Gasteiger partial charge on any atom is 0.0725 e. The molecule has 15 rings (SSSR count). The Labute approximate surface area is 433 Å². The van der Waals surface area contributed by atoms with Gasteiger partial charge in [0.1, 0.15) is 0 Å². The molecule has 0 aromatic heterocycles. The summed E-state index contributed by atoms with van der Waals surface area (Å²) in [6.45, 7) is 0. The van der Waals surface area contributed by atoms with Crippen LogP contribution in [0.5, 0.6) is 0 Å². The molecule has 0 saturated carbocycles. The van der Waals surface area contributed by atoms with Crippen molar-refractivity contribution < 1.29 is 0 Å². The molecule has 74 heavy (non-hydrogen) atoms. The highest BCUT2D eigenvalue weighted by Gasteiger charge is 2.51. The average molecular weight is 937 g/mol. The lowest BCUT2D eigenvalue weighted by Crippen LogP contribution is -2.28. The minimum atomic E-state index is -0.439. The molecule has 0 bridgehead atoms. The summed E-state index contributed by atoms with van der Waals surface area (Å²) in [5.41, 5.74) is 29.8. The Morgan fingerprint density at radius 3 is 0.770 bits per heavy atom. The Morgan fingerprint density at radius 1 is 0.149 bits per heavy atom. The van der Waals surface area contributed by atoms with Crippen LogP contribution < -0.4 is 0 Å². The standard InChI is InChI=1S/C74H48/c1-3-24-59(25-4-1)73(60-26-5-2-6-27-60)67-32-11-7-30-63(67)65-42-40-57(47-71(65)73)56-23-17-21-54(46-56)53-20-15-18-51(44-53)49-36-38-50(39-37-49)52-19-16-22-55(45-52)58-41-43-66-64-31-10-14-35-70(64)74(72(66)48-58)68-33-12-8-28-61(68)62-29-9-13-34-69(62)74/h1-48H. The van der Waals surface area contributed by atoms with E-state index in [0.29, 0.717) is 0 Å². The second kappa shape index (κ2) is 16.6. The van der Waals surface area contributed by atoms with Gasteiger partial charge in [-0.3, -0.25) is 0 Å². The Kier molecular flexibility index (Phi) is 9.50. The fraction of sp³-hybridized carbons (Fsp3) is 0.0270. The summed E-state index contributed by atoms with van der Waals surface area (Å²) in [6, 6.07) is 109. The van der Waals surface area contributed by atoms with Crippen molar-refractivity contribution in [3.8, 4) is 89.0 Å². The maximum absolute atomic E-state index is 2.48.